The van der Waals surface area contributed by atoms with E-state index in [2.05, 4.69) is 16.0 Å². The normalized spacial score (nSPS) is 12.5. The molecule has 0 spiro atoms. The van der Waals surface area contributed by atoms with E-state index >= 15 is 0 Å². The summed E-state index contributed by atoms with van der Waals surface area (Å²) in [7, 11) is 1.48. The quantitative estimate of drug-likeness (QED) is 0.393. The maximum Gasteiger partial charge on any atom is 0.304 e. The number of likely N-dealkylation sites (N-methyl/N-ethyl adjacent to an activating group) is 1. The number of nitrogens with one attached hydrogen (secondary N) is 3. The van der Waals surface area contributed by atoms with Crippen LogP contribution in [0.3, 0.4) is 0 Å². The van der Waals surface area contributed by atoms with Gasteiger partial charge in [0.1, 0.15) is 6.04 Å². The van der Waals surface area contributed by atoms with Crippen molar-refractivity contribution in [3.63, 3.8) is 0 Å². The van der Waals surface area contributed by atoms with Gasteiger partial charge in [-0.25, -0.2) is 0 Å². The third kappa shape index (κ3) is 9.73. The van der Waals surface area contributed by atoms with Gasteiger partial charge in [0, 0.05) is 32.4 Å². The van der Waals surface area contributed by atoms with Crippen molar-refractivity contribution in [2.24, 2.45) is 5.92 Å². The van der Waals surface area contributed by atoms with Crippen LogP contribution in [0.4, 0.5) is 0 Å². The second-order valence-corrected chi connectivity index (χ2v) is 6.90. The molecular formula is C21H31N3O5. The predicted molar refractivity (Wildman–Crippen MR) is 109 cm³/mol. The lowest BCUT2D eigenvalue weighted by atomic mass is 9.96. The van der Waals surface area contributed by atoms with Crippen LogP contribution in [-0.2, 0) is 25.6 Å². The Labute approximate surface area is 171 Å². The van der Waals surface area contributed by atoms with Gasteiger partial charge < -0.3 is 21.1 Å². The van der Waals surface area contributed by atoms with E-state index in [1.165, 1.54) is 7.05 Å². The molecule has 0 bridgehead atoms. The number of rotatable bonds is 13. The zero-order valence-corrected chi connectivity index (χ0v) is 17.1. The minimum absolute atomic E-state index is 0.117. The summed E-state index contributed by atoms with van der Waals surface area (Å²) in [5.74, 6) is -2.87. The van der Waals surface area contributed by atoms with Crippen molar-refractivity contribution >= 4 is 23.7 Å². The van der Waals surface area contributed by atoms with E-state index in [4.69, 9.17) is 5.11 Å². The summed E-state index contributed by atoms with van der Waals surface area (Å²) in [6.45, 7) is 2.54. The monoisotopic (exact) mass is 405 g/mol. The van der Waals surface area contributed by atoms with E-state index in [1.54, 1.807) is 0 Å². The number of carbonyl (C=O) groups is 4. The number of carboxylic acid groups (broad SMARTS) is 1. The predicted octanol–water partition coefficient (Wildman–Crippen LogP) is 1.25. The summed E-state index contributed by atoms with van der Waals surface area (Å²) in [6, 6.07) is 8.44. The van der Waals surface area contributed by atoms with Crippen LogP contribution in [0.1, 0.15) is 44.6 Å². The summed E-state index contributed by atoms with van der Waals surface area (Å²) in [5, 5.41) is 17.1. The molecule has 160 valence electrons. The summed E-state index contributed by atoms with van der Waals surface area (Å²) >= 11 is 0. The molecule has 0 unspecified atom stereocenters. The van der Waals surface area contributed by atoms with Crippen molar-refractivity contribution in [2.75, 3.05) is 13.6 Å². The Morgan fingerprint density at radius 2 is 1.76 bits per heavy atom. The fourth-order valence-electron chi connectivity index (χ4n) is 2.92. The van der Waals surface area contributed by atoms with Gasteiger partial charge in [-0.2, -0.15) is 0 Å². The van der Waals surface area contributed by atoms with Crippen LogP contribution < -0.4 is 16.0 Å². The largest absolute Gasteiger partial charge is 0.481 e. The van der Waals surface area contributed by atoms with Crippen molar-refractivity contribution in [1.82, 2.24) is 16.0 Å². The number of hydrogen-bond acceptors (Lipinski definition) is 4. The van der Waals surface area contributed by atoms with Gasteiger partial charge in [0.2, 0.25) is 17.7 Å². The topological polar surface area (TPSA) is 125 Å². The van der Waals surface area contributed by atoms with Crippen LogP contribution in [0.25, 0.3) is 0 Å². The molecule has 1 aromatic rings. The molecule has 1 rings (SSSR count). The first-order chi connectivity index (χ1) is 13.9. The Morgan fingerprint density at radius 3 is 2.34 bits per heavy atom. The summed E-state index contributed by atoms with van der Waals surface area (Å²) < 4.78 is 0. The van der Waals surface area contributed by atoms with E-state index in [9.17, 15) is 19.2 Å². The molecule has 0 heterocycles. The average Bonchev–Trinajstić information content (AvgIpc) is 2.70. The second-order valence-electron chi connectivity index (χ2n) is 6.90. The van der Waals surface area contributed by atoms with Gasteiger partial charge in [-0.1, -0.05) is 37.3 Å². The highest BCUT2D eigenvalue weighted by atomic mass is 16.4. The molecule has 8 heteroatoms. The van der Waals surface area contributed by atoms with Crippen molar-refractivity contribution in [2.45, 2.75) is 51.5 Å². The van der Waals surface area contributed by atoms with Crippen molar-refractivity contribution in [1.29, 1.82) is 0 Å². The molecule has 3 amide bonds. The highest BCUT2D eigenvalue weighted by molar-refractivity contribution is 5.90. The van der Waals surface area contributed by atoms with Gasteiger partial charge >= 0.3 is 5.97 Å². The van der Waals surface area contributed by atoms with E-state index in [1.807, 2.05) is 37.3 Å². The smallest absolute Gasteiger partial charge is 0.304 e. The molecule has 0 saturated carbocycles. The molecule has 0 fully saturated rings. The minimum Gasteiger partial charge on any atom is -0.481 e. The minimum atomic E-state index is -1.10. The van der Waals surface area contributed by atoms with E-state index in [-0.39, 0.29) is 31.1 Å². The maximum absolute atomic E-state index is 12.7. The molecule has 1 aromatic carbocycles. The molecule has 0 aromatic heterocycles. The Balaban J connectivity index is 2.72. The summed E-state index contributed by atoms with van der Waals surface area (Å²) in [6.07, 6.45) is 1.65. The Morgan fingerprint density at radius 1 is 1.07 bits per heavy atom. The lowest BCUT2D eigenvalue weighted by Crippen LogP contribution is -2.49. The van der Waals surface area contributed by atoms with Crippen molar-refractivity contribution in [3.05, 3.63) is 35.9 Å². The van der Waals surface area contributed by atoms with Crippen LogP contribution in [0.2, 0.25) is 0 Å². The fourth-order valence-corrected chi connectivity index (χ4v) is 2.92. The van der Waals surface area contributed by atoms with Gasteiger partial charge in [-0.05, 0) is 24.8 Å². The lowest BCUT2D eigenvalue weighted by molar-refractivity contribution is -0.141. The Kier molecular flexibility index (Phi) is 11.1. The lowest BCUT2D eigenvalue weighted by Gasteiger charge is -2.21. The molecule has 0 aliphatic rings. The number of hydrogen-bond donors (Lipinski definition) is 4. The van der Waals surface area contributed by atoms with Crippen LogP contribution >= 0.6 is 0 Å². The molecule has 0 aliphatic carbocycles. The second kappa shape index (κ2) is 13.3. The zero-order chi connectivity index (χ0) is 21.6. The van der Waals surface area contributed by atoms with Crippen molar-refractivity contribution in [3.8, 4) is 0 Å². The van der Waals surface area contributed by atoms with Crippen molar-refractivity contribution < 1.29 is 24.3 Å². The summed E-state index contributed by atoms with van der Waals surface area (Å²) in [4.78, 5) is 47.8. The first-order valence-corrected chi connectivity index (χ1v) is 9.91. The number of aliphatic carboxylic acids is 1. The standard InChI is InChI=1S/C21H31N3O5/c1-3-12-23-18(25)11-7-10-16(14-19(26)27)20(28)24-17(21(29)22-2)13-15-8-5-4-6-9-15/h4-6,8-9,16-17H,3,7,10-14H2,1-2H3,(H,22,29)(H,23,25)(H,24,28)(H,26,27)/t16-,17+/m1/s1. The summed E-state index contributed by atoms with van der Waals surface area (Å²) in [5.41, 5.74) is 0.878. The van der Waals surface area contributed by atoms with Crippen LogP contribution in [0.15, 0.2) is 30.3 Å². The van der Waals surface area contributed by atoms with E-state index < -0.39 is 23.8 Å². The molecule has 29 heavy (non-hydrogen) atoms. The molecule has 2 atom stereocenters. The van der Waals surface area contributed by atoms with Gasteiger partial charge in [-0.15, -0.1) is 0 Å². The van der Waals surface area contributed by atoms with Gasteiger partial charge in [0.15, 0.2) is 0 Å². The average molecular weight is 405 g/mol. The Bertz CT molecular complexity index is 678. The molecule has 4 N–H and O–H groups in total. The number of benzene rings is 1. The van der Waals surface area contributed by atoms with Gasteiger partial charge in [-0.3, -0.25) is 19.2 Å². The van der Waals surface area contributed by atoms with Gasteiger partial charge in [0.25, 0.3) is 0 Å². The highest BCUT2D eigenvalue weighted by Crippen LogP contribution is 2.15. The van der Waals surface area contributed by atoms with E-state index in [0.29, 0.717) is 19.4 Å². The highest BCUT2D eigenvalue weighted by Gasteiger charge is 2.27. The van der Waals surface area contributed by atoms with Crippen LogP contribution in [-0.4, -0.2) is 48.4 Å². The SMILES string of the molecule is CCCNC(=O)CCC[C@H](CC(=O)O)C(=O)N[C@@H](Cc1ccccc1)C(=O)NC. The van der Waals surface area contributed by atoms with Gasteiger partial charge in [0.05, 0.1) is 6.42 Å². The number of amides is 3. The zero-order valence-electron chi connectivity index (χ0n) is 17.1. The Hall–Kier alpha value is -2.90. The third-order valence-corrected chi connectivity index (χ3v) is 4.48. The maximum atomic E-state index is 12.7. The van der Waals surface area contributed by atoms with Crippen LogP contribution in [0.5, 0.6) is 0 Å². The van der Waals surface area contributed by atoms with Crippen LogP contribution in [0, 0.1) is 5.92 Å². The fraction of sp³-hybridized carbons (Fsp3) is 0.524. The molecule has 0 aliphatic heterocycles. The molecule has 8 nitrogen and oxygen atoms in total. The molecule has 0 radical (unpaired) electrons. The molecule has 0 saturated heterocycles. The third-order valence-electron chi connectivity index (χ3n) is 4.48. The number of carbonyl (C=O) groups excluding carboxylic acids is 3. The first kappa shape index (κ1) is 24.1. The first-order valence-electron chi connectivity index (χ1n) is 9.91. The molecular weight excluding hydrogens is 374 g/mol. The van der Waals surface area contributed by atoms with E-state index in [0.717, 1.165) is 12.0 Å². The number of carboxylic acids is 1.